The molecule has 2 nitrogen and oxygen atoms in total. The van der Waals surface area contributed by atoms with Gasteiger partial charge in [-0.25, -0.2) is 0 Å². The van der Waals surface area contributed by atoms with Gasteiger partial charge in [-0.1, -0.05) is 45.0 Å². The van der Waals surface area contributed by atoms with E-state index in [2.05, 4.69) is 20.8 Å². The topological polar surface area (TPSA) is 37.3 Å². The molecule has 0 heterocycles. The number of aldehydes is 1. The molecule has 16 heavy (non-hydrogen) atoms. The second-order valence-electron chi connectivity index (χ2n) is 5.47. The molecule has 1 N–H and O–H groups in total. The Balaban J connectivity index is 2.99. The molecule has 0 aliphatic rings. The van der Waals surface area contributed by atoms with Crippen LogP contribution >= 0.6 is 0 Å². The Kier molecular flexibility index (Phi) is 3.54. The highest BCUT2D eigenvalue weighted by Crippen LogP contribution is 2.27. The minimum Gasteiger partial charge on any atom is -0.385 e. The smallest absolute Gasteiger partial charge is 0.123 e. The zero-order chi connectivity index (χ0) is 12.4. The summed E-state index contributed by atoms with van der Waals surface area (Å²) in [5.74, 6) is 0. The van der Waals surface area contributed by atoms with Gasteiger partial charge in [0.1, 0.15) is 6.29 Å². The summed E-state index contributed by atoms with van der Waals surface area (Å²) in [5.41, 5.74) is 1.05. The highest BCUT2D eigenvalue weighted by atomic mass is 16.3. The lowest BCUT2D eigenvalue weighted by atomic mass is 9.84. The Morgan fingerprint density at radius 2 is 1.50 bits per heavy atom. The quantitative estimate of drug-likeness (QED) is 0.795. The predicted octanol–water partition coefficient (Wildman–Crippen LogP) is 2.78. The van der Waals surface area contributed by atoms with Gasteiger partial charge in [0.25, 0.3) is 0 Å². The Morgan fingerprint density at radius 3 is 1.88 bits per heavy atom. The van der Waals surface area contributed by atoms with E-state index >= 15 is 0 Å². The average Bonchev–Trinajstić information content (AvgIpc) is 2.16. The average molecular weight is 220 g/mol. The van der Waals surface area contributed by atoms with E-state index in [4.69, 9.17) is 0 Å². The third-order valence-corrected chi connectivity index (χ3v) is 2.85. The van der Waals surface area contributed by atoms with Crippen LogP contribution < -0.4 is 0 Å². The molecule has 0 aromatic heterocycles. The molecule has 0 bridgehead atoms. The SMILES string of the molecule is CC(C)(C)c1ccc(C(C)(O)CC=O)cc1. The third-order valence-electron chi connectivity index (χ3n) is 2.85. The molecule has 0 saturated heterocycles. The van der Waals surface area contributed by atoms with Gasteiger partial charge in [-0.3, -0.25) is 0 Å². The van der Waals surface area contributed by atoms with Gasteiger partial charge >= 0.3 is 0 Å². The fraction of sp³-hybridized carbons (Fsp3) is 0.500. The van der Waals surface area contributed by atoms with Gasteiger partial charge in [-0.2, -0.15) is 0 Å². The van der Waals surface area contributed by atoms with E-state index in [1.807, 2.05) is 24.3 Å². The Hall–Kier alpha value is -1.15. The zero-order valence-electron chi connectivity index (χ0n) is 10.4. The summed E-state index contributed by atoms with van der Waals surface area (Å²) in [7, 11) is 0. The highest BCUT2D eigenvalue weighted by Gasteiger charge is 2.23. The van der Waals surface area contributed by atoms with Gasteiger partial charge in [-0.15, -0.1) is 0 Å². The number of aliphatic hydroxyl groups is 1. The standard InChI is InChI=1S/C14H20O2/c1-13(2,3)11-5-7-12(8-6-11)14(4,16)9-10-15/h5-8,10,16H,9H2,1-4H3. The van der Waals surface area contributed by atoms with Crippen molar-refractivity contribution in [3.8, 4) is 0 Å². The fourth-order valence-electron chi connectivity index (χ4n) is 1.61. The maximum atomic E-state index is 10.5. The molecule has 0 fully saturated rings. The minimum absolute atomic E-state index is 0.106. The monoisotopic (exact) mass is 220 g/mol. The van der Waals surface area contributed by atoms with Crippen LogP contribution in [0.2, 0.25) is 0 Å². The fourth-order valence-corrected chi connectivity index (χ4v) is 1.61. The maximum absolute atomic E-state index is 10.5. The minimum atomic E-state index is -1.06. The molecule has 0 spiro atoms. The molecule has 0 saturated carbocycles. The van der Waals surface area contributed by atoms with Gasteiger partial charge in [0.2, 0.25) is 0 Å². The second-order valence-corrected chi connectivity index (χ2v) is 5.47. The Morgan fingerprint density at radius 1 is 1.06 bits per heavy atom. The highest BCUT2D eigenvalue weighted by molar-refractivity contribution is 5.52. The lowest BCUT2D eigenvalue weighted by Gasteiger charge is -2.24. The van der Waals surface area contributed by atoms with Crippen molar-refractivity contribution in [3.63, 3.8) is 0 Å². The van der Waals surface area contributed by atoms with Crippen molar-refractivity contribution >= 4 is 6.29 Å². The largest absolute Gasteiger partial charge is 0.385 e. The predicted molar refractivity (Wildman–Crippen MR) is 65.4 cm³/mol. The van der Waals surface area contributed by atoms with Gasteiger partial charge in [-0.05, 0) is 23.5 Å². The number of carbonyl (C=O) groups is 1. The van der Waals surface area contributed by atoms with Crippen LogP contribution in [0.25, 0.3) is 0 Å². The molecule has 0 amide bonds. The van der Waals surface area contributed by atoms with E-state index in [0.717, 1.165) is 11.8 Å². The Labute approximate surface area is 97.3 Å². The summed E-state index contributed by atoms with van der Waals surface area (Å²) in [5, 5.41) is 10.0. The van der Waals surface area contributed by atoms with Crippen LogP contribution in [0.3, 0.4) is 0 Å². The molecule has 88 valence electrons. The lowest BCUT2D eigenvalue weighted by molar-refractivity contribution is -0.112. The normalized spacial score (nSPS) is 15.6. The van der Waals surface area contributed by atoms with E-state index in [0.29, 0.717) is 0 Å². The van der Waals surface area contributed by atoms with Crippen molar-refractivity contribution < 1.29 is 9.90 Å². The van der Waals surface area contributed by atoms with Crippen LogP contribution in [0.15, 0.2) is 24.3 Å². The van der Waals surface area contributed by atoms with Crippen molar-refractivity contribution in [3.05, 3.63) is 35.4 Å². The van der Waals surface area contributed by atoms with Crippen LogP contribution in [0.1, 0.15) is 45.2 Å². The van der Waals surface area contributed by atoms with Gasteiger partial charge in [0.15, 0.2) is 0 Å². The van der Waals surface area contributed by atoms with Gasteiger partial charge in [0, 0.05) is 6.42 Å². The molecule has 1 aromatic rings. The zero-order valence-corrected chi connectivity index (χ0v) is 10.4. The molecular weight excluding hydrogens is 200 g/mol. The first-order valence-corrected chi connectivity index (χ1v) is 5.54. The van der Waals surface area contributed by atoms with Crippen molar-refractivity contribution in [1.82, 2.24) is 0 Å². The molecule has 1 aromatic carbocycles. The summed E-state index contributed by atoms with van der Waals surface area (Å²) in [6.07, 6.45) is 0.875. The van der Waals surface area contributed by atoms with Crippen LogP contribution in [0.4, 0.5) is 0 Å². The van der Waals surface area contributed by atoms with Crippen molar-refractivity contribution in [2.75, 3.05) is 0 Å². The molecule has 1 atom stereocenters. The molecule has 2 heteroatoms. The maximum Gasteiger partial charge on any atom is 0.123 e. The molecule has 0 aliphatic heterocycles. The summed E-state index contributed by atoms with van der Waals surface area (Å²) < 4.78 is 0. The first-order valence-electron chi connectivity index (χ1n) is 5.54. The van der Waals surface area contributed by atoms with Gasteiger partial charge < -0.3 is 9.90 Å². The number of hydrogen-bond acceptors (Lipinski definition) is 2. The van der Waals surface area contributed by atoms with E-state index in [1.54, 1.807) is 6.92 Å². The number of benzene rings is 1. The van der Waals surface area contributed by atoms with E-state index in [9.17, 15) is 9.90 Å². The molecule has 0 radical (unpaired) electrons. The molecule has 1 unspecified atom stereocenters. The van der Waals surface area contributed by atoms with Gasteiger partial charge in [0.05, 0.1) is 5.60 Å². The molecule has 0 aliphatic carbocycles. The van der Waals surface area contributed by atoms with Crippen molar-refractivity contribution in [2.45, 2.75) is 45.1 Å². The van der Waals surface area contributed by atoms with E-state index in [1.165, 1.54) is 5.56 Å². The van der Waals surface area contributed by atoms with Crippen molar-refractivity contribution in [2.24, 2.45) is 0 Å². The summed E-state index contributed by atoms with van der Waals surface area (Å²) in [6, 6.07) is 7.80. The van der Waals surface area contributed by atoms with Crippen LogP contribution in [0.5, 0.6) is 0 Å². The summed E-state index contributed by atoms with van der Waals surface area (Å²) >= 11 is 0. The number of rotatable bonds is 3. The number of hydrogen-bond donors (Lipinski definition) is 1. The van der Waals surface area contributed by atoms with Crippen molar-refractivity contribution in [1.29, 1.82) is 0 Å². The van der Waals surface area contributed by atoms with E-state index < -0.39 is 5.60 Å². The number of carbonyl (C=O) groups excluding carboxylic acids is 1. The van der Waals surface area contributed by atoms with Crippen LogP contribution in [-0.2, 0) is 15.8 Å². The summed E-state index contributed by atoms with van der Waals surface area (Å²) in [4.78, 5) is 10.5. The first kappa shape index (κ1) is 12.9. The Bertz CT molecular complexity index is 355. The first-order chi connectivity index (χ1) is 7.27. The molecular formula is C14H20O2. The van der Waals surface area contributed by atoms with Crippen LogP contribution in [0, 0.1) is 0 Å². The molecule has 1 rings (SSSR count). The second kappa shape index (κ2) is 4.38. The summed E-state index contributed by atoms with van der Waals surface area (Å²) in [6.45, 7) is 8.09. The van der Waals surface area contributed by atoms with E-state index in [-0.39, 0.29) is 11.8 Å². The lowest BCUT2D eigenvalue weighted by Crippen LogP contribution is -2.22. The third kappa shape index (κ3) is 2.92. The van der Waals surface area contributed by atoms with Crippen LogP contribution in [-0.4, -0.2) is 11.4 Å².